The fraction of sp³-hybridized carbons (Fsp3) is 0.0172. The summed E-state index contributed by atoms with van der Waals surface area (Å²) >= 11 is 0. The molecule has 0 saturated carbocycles. The van der Waals surface area contributed by atoms with Gasteiger partial charge in [0.25, 0.3) is 0 Å². The van der Waals surface area contributed by atoms with Crippen LogP contribution in [0.3, 0.4) is 0 Å². The Morgan fingerprint density at radius 3 is 1.47 bits per heavy atom. The molecule has 4 nitrogen and oxygen atoms in total. The van der Waals surface area contributed by atoms with Crippen LogP contribution in [0.25, 0.3) is 95.0 Å². The summed E-state index contributed by atoms with van der Waals surface area (Å²) in [5.41, 5.74) is 18.8. The number of hydrogen-bond acceptors (Lipinski definition) is 3. The van der Waals surface area contributed by atoms with E-state index in [1.54, 1.807) is 0 Å². The fourth-order valence-corrected chi connectivity index (χ4v) is 10.4. The van der Waals surface area contributed by atoms with E-state index in [9.17, 15) is 0 Å². The van der Waals surface area contributed by atoms with Gasteiger partial charge in [-0.3, -0.25) is 0 Å². The summed E-state index contributed by atoms with van der Waals surface area (Å²) in [6, 6.07) is 78.7. The lowest BCUT2D eigenvalue weighted by atomic mass is 9.65. The number of rotatable bonds is 5. The summed E-state index contributed by atoms with van der Waals surface area (Å²) in [5.74, 6) is 1.96. The van der Waals surface area contributed by atoms with Crippen LogP contribution in [-0.2, 0) is 5.41 Å². The van der Waals surface area contributed by atoms with Crippen LogP contribution >= 0.6 is 0 Å². The summed E-state index contributed by atoms with van der Waals surface area (Å²) in [4.78, 5) is 14.8. The van der Waals surface area contributed by atoms with Crippen molar-refractivity contribution in [3.05, 3.63) is 241 Å². The smallest absolute Gasteiger partial charge is 0.164 e. The molecular formula is C58H36N4. The van der Waals surface area contributed by atoms with Crippen LogP contribution in [0.1, 0.15) is 22.3 Å². The predicted octanol–water partition coefficient (Wildman–Crippen LogP) is 14.0. The Kier molecular flexibility index (Phi) is 7.49. The molecule has 1 spiro atoms. The monoisotopic (exact) mass is 788 g/mol. The molecule has 0 fully saturated rings. The molecule has 1 atom stereocenters. The molecule has 62 heavy (non-hydrogen) atoms. The van der Waals surface area contributed by atoms with Gasteiger partial charge in [-0.15, -0.1) is 0 Å². The summed E-state index contributed by atoms with van der Waals surface area (Å²) in [6.07, 6.45) is 0. The van der Waals surface area contributed by atoms with Crippen LogP contribution in [0.2, 0.25) is 0 Å². The molecule has 9 aromatic carbocycles. The zero-order valence-electron chi connectivity index (χ0n) is 33.6. The van der Waals surface area contributed by atoms with E-state index in [1.807, 2.05) is 60.7 Å². The zero-order chi connectivity index (χ0) is 40.8. The molecule has 0 amide bonds. The predicted molar refractivity (Wildman–Crippen MR) is 252 cm³/mol. The van der Waals surface area contributed by atoms with Gasteiger partial charge in [0.05, 0.1) is 22.1 Å². The quantitative estimate of drug-likeness (QED) is 0.174. The zero-order valence-corrected chi connectivity index (χ0v) is 33.6. The van der Waals surface area contributed by atoms with Gasteiger partial charge in [-0.1, -0.05) is 206 Å². The molecule has 3 heterocycles. The van der Waals surface area contributed by atoms with Gasteiger partial charge in [-0.05, 0) is 67.8 Å². The minimum Gasteiger partial charge on any atom is -0.309 e. The maximum atomic E-state index is 4.94. The third-order valence-electron chi connectivity index (χ3n) is 13.1. The van der Waals surface area contributed by atoms with Crippen LogP contribution in [0.4, 0.5) is 0 Å². The number of benzene rings is 9. The van der Waals surface area contributed by atoms with Crippen LogP contribution < -0.4 is 0 Å². The molecule has 1 aliphatic heterocycles. The highest BCUT2D eigenvalue weighted by Gasteiger charge is 2.51. The van der Waals surface area contributed by atoms with E-state index in [2.05, 4.69) is 162 Å². The minimum atomic E-state index is -0.480. The summed E-state index contributed by atoms with van der Waals surface area (Å²) in [6.45, 7) is 0. The molecule has 4 heteroatoms. The number of aromatic nitrogens is 4. The second-order valence-electron chi connectivity index (χ2n) is 16.3. The van der Waals surface area contributed by atoms with Crippen LogP contribution in [0.15, 0.2) is 218 Å². The largest absolute Gasteiger partial charge is 0.309 e. The van der Waals surface area contributed by atoms with Gasteiger partial charge in [0.15, 0.2) is 17.5 Å². The number of fused-ring (bicyclic) bond motifs is 12. The van der Waals surface area contributed by atoms with Crippen molar-refractivity contribution in [1.82, 2.24) is 19.5 Å². The molecule has 1 aliphatic carbocycles. The van der Waals surface area contributed by atoms with Crippen molar-refractivity contribution >= 4 is 21.8 Å². The molecule has 0 bridgehead atoms. The van der Waals surface area contributed by atoms with Gasteiger partial charge in [-0.25, -0.2) is 15.0 Å². The summed E-state index contributed by atoms with van der Waals surface area (Å²) < 4.78 is 2.50. The van der Waals surface area contributed by atoms with E-state index < -0.39 is 5.41 Å². The number of nitrogens with zero attached hydrogens (tertiary/aromatic N) is 4. The second kappa shape index (κ2) is 13.4. The fourth-order valence-electron chi connectivity index (χ4n) is 10.4. The molecule has 288 valence electrons. The summed E-state index contributed by atoms with van der Waals surface area (Å²) in [5, 5.41) is 2.58. The highest BCUT2D eigenvalue weighted by atomic mass is 15.0. The van der Waals surface area contributed by atoms with Crippen molar-refractivity contribution in [3.63, 3.8) is 0 Å². The normalized spacial score (nSPS) is 14.5. The lowest BCUT2D eigenvalue weighted by Crippen LogP contribution is -2.33. The Morgan fingerprint density at radius 1 is 0.306 bits per heavy atom. The topological polar surface area (TPSA) is 43.6 Å². The van der Waals surface area contributed by atoms with Crippen LogP contribution in [0.5, 0.6) is 0 Å². The lowest BCUT2D eigenvalue weighted by molar-refractivity contribution is 0.748. The van der Waals surface area contributed by atoms with Crippen LogP contribution in [-0.4, -0.2) is 19.5 Å². The Hall–Kier alpha value is -8.21. The molecule has 0 radical (unpaired) electrons. The average molecular weight is 789 g/mol. The van der Waals surface area contributed by atoms with E-state index >= 15 is 0 Å². The Balaban J connectivity index is 0.912. The molecule has 0 N–H and O–H groups in total. The van der Waals surface area contributed by atoms with Gasteiger partial charge in [0, 0.05) is 27.5 Å². The third-order valence-corrected chi connectivity index (χ3v) is 13.1. The molecule has 0 saturated heterocycles. The van der Waals surface area contributed by atoms with Crippen molar-refractivity contribution in [1.29, 1.82) is 0 Å². The standard InChI is InChI=1S/C58H36N4/c1-3-15-40(16-4-1)55-59-56(41-17-5-2-6-18-41)61-57(60-55)42-35-31-38(32-36-42)37-29-33-39(34-30-37)43-21-13-25-49-53(43)46-20-7-9-23-47(46)58(49)48-24-10-12-28-52(48)62-51-27-11-8-19-44(51)45-22-14-26-50(58)54(45)62/h1-36H. The minimum absolute atomic E-state index is 0.480. The highest BCUT2D eigenvalue weighted by Crippen LogP contribution is 2.62. The van der Waals surface area contributed by atoms with E-state index in [0.29, 0.717) is 17.5 Å². The first-order valence-corrected chi connectivity index (χ1v) is 21.2. The number of hydrogen-bond donors (Lipinski definition) is 0. The van der Waals surface area contributed by atoms with Crippen molar-refractivity contribution in [2.75, 3.05) is 0 Å². The third kappa shape index (κ3) is 4.92. The average Bonchev–Trinajstić information content (AvgIpc) is 3.85. The van der Waals surface area contributed by atoms with E-state index in [0.717, 1.165) is 27.8 Å². The van der Waals surface area contributed by atoms with Gasteiger partial charge in [0.2, 0.25) is 0 Å². The van der Waals surface area contributed by atoms with E-state index in [-0.39, 0.29) is 0 Å². The first-order chi connectivity index (χ1) is 30.8. The lowest BCUT2D eigenvalue weighted by Gasteiger charge is -2.39. The molecule has 13 rings (SSSR count). The van der Waals surface area contributed by atoms with Crippen molar-refractivity contribution in [3.8, 4) is 73.2 Å². The molecule has 2 aliphatic rings. The van der Waals surface area contributed by atoms with Gasteiger partial charge in [-0.2, -0.15) is 0 Å². The molecule has 2 aromatic heterocycles. The first-order valence-electron chi connectivity index (χ1n) is 21.2. The van der Waals surface area contributed by atoms with Gasteiger partial charge < -0.3 is 4.57 Å². The second-order valence-corrected chi connectivity index (χ2v) is 16.3. The summed E-state index contributed by atoms with van der Waals surface area (Å²) in [7, 11) is 0. The maximum absolute atomic E-state index is 4.94. The van der Waals surface area contributed by atoms with Gasteiger partial charge in [0.1, 0.15) is 0 Å². The SMILES string of the molecule is c1ccc(-c2nc(-c3ccccc3)nc(-c3ccc(-c4ccc(-c5cccc6c5-c5ccccc5C65c6ccccc6-n6c7ccccc7c7cccc5c76)cc4)cc3)n2)cc1. The van der Waals surface area contributed by atoms with Crippen LogP contribution in [0, 0.1) is 0 Å². The molecule has 11 aromatic rings. The molecule has 1 unspecified atom stereocenters. The first kappa shape index (κ1) is 34.6. The maximum Gasteiger partial charge on any atom is 0.164 e. The van der Waals surface area contributed by atoms with Gasteiger partial charge >= 0.3 is 0 Å². The van der Waals surface area contributed by atoms with Crippen molar-refractivity contribution in [2.24, 2.45) is 0 Å². The Morgan fingerprint density at radius 2 is 0.774 bits per heavy atom. The van der Waals surface area contributed by atoms with Crippen molar-refractivity contribution in [2.45, 2.75) is 5.41 Å². The molecular weight excluding hydrogens is 753 g/mol. The van der Waals surface area contributed by atoms with E-state index in [1.165, 1.54) is 72.0 Å². The number of para-hydroxylation sites is 3. The Bertz CT molecular complexity index is 3500. The Labute approximate surface area is 359 Å². The highest BCUT2D eigenvalue weighted by molar-refractivity contribution is 6.13. The van der Waals surface area contributed by atoms with Crippen molar-refractivity contribution < 1.29 is 0 Å². The van der Waals surface area contributed by atoms with E-state index in [4.69, 9.17) is 15.0 Å².